The van der Waals surface area contributed by atoms with Gasteiger partial charge in [0.2, 0.25) is 0 Å². The van der Waals surface area contributed by atoms with Crippen molar-refractivity contribution in [3.05, 3.63) is 102 Å². The number of hydrazone groups is 1. The van der Waals surface area contributed by atoms with Crippen molar-refractivity contribution in [3.8, 4) is 0 Å². The van der Waals surface area contributed by atoms with Crippen LogP contribution in [0.5, 0.6) is 0 Å². The van der Waals surface area contributed by atoms with E-state index in [0.29, 0.717) is 12.8 Å². The third-order valence-corrected chi connectivity index (χ3v) is 4.15. The van der Waals surface area contributed by atoms with E-state index < -0.39 is 5.82 Å². The molecule has 0 aliphatic rings. The van der Waals surface area contributed by atoms with Crippen molar-refractivity contribution in [2.75, 3.05) is 11.9 Å². The van der Waals surface area contributed by atoms with Crippen molar-refractivity contribution in [3.63, 3.8) is 0 Å². The molecule has 2 N–H and O–H groups in total. The van der Waals surface area contributed by atoms with Gasteiger partial charge in [-0.2, -0.15) is 5.10 Å². The number of rotatable bonds is 8. The van der Waals surface area contributed by atoms with E-state index in [1.54, 1.807) is 18.2 Å². The summed E-state index contributed by atoms with van der Waals surface area (Å²) in [6, 6.07) is 26.2. The lowest BCUT2D eigenvalue weighted by Gasteiger charge is -2.09. The molecule has 142 valence electrons. The number of anilines is 1. The molecule has 0 saturated heterocycles. The number of halogens is 1. The molecule has 0 bridgehead atoms. The second-order valence-electron chi connectivity index (χ2n) is 6.37. The first-order valence-corrected chi connectivity index (χ1v) is 9.11. The van der Waals surface area contributed by atoms with Crippen molar-refractivity contribution >= 4 is 17.3 Å². The molecule has 5 heteroatoms. The summed E-state index contributed by atoms with van der Waals surface area (Å²) in [5, 5.41) is 7.11. The van der Waals surface area contributed by atoms with Crippen LogP contribution in [0, 0.1) is 5.82 Å². The van der Waals surface area contributed by atoms with Crippen molar-refractivity contribution in [1.82, 2.24) is 5.43 Å². The van der Waals surface area contributed by atoms with E-state index in [-0.39, 0.29) is 18.1 Å². The van der Waals surface area contributed by atoms with Gasteiger partial charge in [0.25, 0.3) is 5.91 Å². The zero-order valence-corrected chi connectivity index (χ0v) is 15.4. The molecule has 0 heterocycles. The Balaban J connectivity index is 1.63. The van der Waals surface area contributed by atoms with Crippen LogP contribution in [0.25, 0.3) is 0 Å². The summed E-state index contributed by atoms with van der Waals surface area (Å²) >= 11 is 0. The third kappa shape index (κ3) is 6.06. The molecule has 0 aromatic heterocycles. The molecule has 0 spiro atoms. The molecule has 28 heavy (non-hydrogen) atoms. The van der Waals surface area contributed by atoms with Crippen LogP contribution in [0.1, 0.15) is 11.1 Å². The van der Waals surface area contributed by atoms with E-state index >= 15 is 0 Å². The largest absolute Gasteiger partial charge is 0.374 e. The van der Waals surface area contributed by atoms with Gasteiger partial charge in [-0.1, -0.05) is 72.8 Å². The molecule has 0 radical (unpaired) electrons. The standard InChI is InChI=1S/C23H22FN3O/c24-21-13-7-8-14-22(21)25-17-23(28)27-26-20(15-18-9-3-1-4-10-18)16-19-11-5-2-6-12-19/h1-14,25H,15-17H2,(H,27,28). The van der Waals surface area contributed by atoms with E-state index in [1.807, 2.05) is 60.7 Å². The van der Waals surface area contributed by atoms with Gasteiger partial charge in [0.05, 0.1) is 12.2 Å². The number of nitrogens with one attached hydrogen (secondary N) is 2. The van der Waals surface area contributed by atoms with Crippen LogP contribution in [0.3, 0.4) is 0 Å². The Hall–Kier alpha value is -3.47. The number of hydrogen-bond donors (Lipinski definition) is 2. The predicted molar refractivity (Wildman–Crippen MR) is 111 cm³/mol. The maximum Gasteiger partial charge on any atom is 0.259 e. The molecule has 0 fully saturated rings. The summed E-state index contributed by atoms with van der Waals surface area (Å²) in [7, 11) is 0. The van der Waals surface area contributed by atoms with Gasteiger partial charge in [-0.15, -0.1) is 0 Å². The van der Waals surface area contributed by atoms with Gasteiger partial charge >= 0.3 is 0 Å². The van der Waals surface area contributed by atoms with Gasteiger partial charge < -0.3 is 5.32 Å². The Labute approximate surface area is 164 Å². The summed E-state index contributed by atoms with van der Waals surface area (Å²) in [6.07, 6.45) is 1.27. The predicted octanol–water partition coefficient (Wildman–Crippen LogP) is 4.20. The molecule has 0 aliphatic heterocycles. The molecule has 3 rings (SSSR count). The van der Waals surface area contributed by atoms with Gasteiger partial charge in [-0.25, -0.2) is 9.82 Å². The van der Waals surface area contributed by atoms with Gasteiger partial charge in [0.15, 0.2) is 0 Å². The van der Waals surface area contributed by atoms with Gasteiger partial charge in [0, 0.05) is 18.6 Å². The lowest BCUT2D eigenvalue weighted by Crippen LogP contribution is -2.28. The fourth-order valence-corrected chi connectivity index (χ4v) is 2.77. The number of hydrogen-bond acceptors (Lipinski definition) is 3. The Morgan fingerprint density at radius 2 is 1.32 bits per heavy atom. The molecule has 0 aliphatic carbocycles. The van der Waals surface area contributed by atoms with Crippen molar-refractivity contribution < 1.29 is 9.18 Å². The quantitative estimate of drug-likeness (QED) is 0.458. The fourth-order valence-electron chi connectivity index (χ4n) is 2.77. The van der Waals surface area contributed by atoms with Crippen LogP contribution in [0.4, 0.5) is 10.1 Å². The zero-order valence-electron chi connectivity index (χ0n) is 15.4. The second-order valence-corrected chi connectivity index (χ2v) is 6.37. The second kappa shape index (κ2) is 10.0. The maximum atomic E-state index is 13.6. The first-order valence-electron chi connectivity index (χ1n) is 9.11. The molecule has 0 atom stereocenters. The van der Waals surface area contributed by atoms with Gasteiger partial charge in [0.1, 0.15) is 5.82 Å². The highest BCUT2D eigenvalue weighted by Gasteiger charge is 2.07. The van der Waals surface area contributed by atoms with E-state index in [2.05, 4.69) is 15.8 Å². The molecule has 3 aromatic rings. The fraction of sp³-hybridized carbons (Fsp3) is 0.130. The van der Waals surface area contributed by atoms with E-state index in [0.717, 1.165) is 16.8 Å². The number of para-hydroxylation sites is 1. The van der Waals surface area contributed by atoms with Crippen molar-refractivity contribution in [1.29, 1.82) is 0 Å². The van der Waals surface area contributed by atoms with E-state index in [1.165, 1.54) is 6.07 Å². The Bertz CT molecular complexity index is 883. The van der Waals surface area contributed by atoms with Crippen LogP contribution >= 0.6 is 0 Å². The highest BCUT2D eigenvalue weighted by atomic mass is 19.1. The average Bonchev–Trinajstić information content (AvgIpc) is 2.73. The Morgan fingerprint density at radius 1 is 0.786 bits per heavy atom. The van der Waals surface area contributed by atoms with Crippen molar-refractivity contribution in [2.24, 2.45) is 5.10 Å². The minimum absolute atomic E-state index is 0.0611. The first-order chi connectivity index (χ1) is 13.7. The number of nitrogens with zero attached hydrogens (tertiary/aromatic N) is 1. The Kier molecular flexibility index (Phi) is 6.90. The molecular formula is C23H22FN3O. The highest BCUT2D eigenvalue weighted by Crippen LogP contribution is 2.11. The molecule has 0 unspecified atom stereocenters. The summed E-state index contributed by atoms with van der Waals surface area (Å²) in [4.78, 5) is 12.1. The number of carbonyl (C=O) groups is 1. The topological polar surface area (TPSA) is 53.5 Å². The highest BCUT2D eigenvalue weighted by molar-refractivity contribution is 5.90. The normalized spacial score (nSPS) is 10.2. The Morgan fingerprint density at radius 3 is 1.89 bits per heavy atom. The zero-order chi connectivity index (χ0) is 19.6. The number of benzene rings is 3. The average molecular weight is 375 g/mol. The minimum atomic E-state index is -0.396. The molecule has 4 nitrogen and oxygen atoms in total. The molecule has 0 saturated carbocycles. The SMILES string of the molecule is O=C(CNc1ccccc1F)NN=C(Cc1ccccc1)Cc1ccccc1. The number of carbonyl (C=O) groups excluding carboxylic acids is 1. The summed E-state index contributed by atoms with van der Waals surface area (Å²) < 4.78 is 13.6. The third-order valence-electron chi connectivity index (χ3n) is 4.15. The van der Waals surface area contributed by atoms with Crippen LogP contribution in [-0.2, 0) is 17.6 Å². The van der Waals surface area contributed by atoms with Crippen LogP contribution in [0.15, 0.2) is 90.0 Å². The van der Waals surface area contributed by atoms with Crippen molar-refractivity contribution in [2.45, 2.75) is 12.8 Å². The molecule has 3 aromatic carbocycles. The lowest BCUT2D eigenvalue weighted by atomic mass is 10.0. The maximum absolute atomic E-state index is 13.6. The summed E-state index contributed by atoms with van der Waals surface area (Å²) in [5.41, 5.74) is 5.95. The minimum Gasteiger partial charge on any atom is -0.374 e. The monoisotopic (exact) mass is 375 g/mol. The van der Waals surface area contributed by atoms with Gasteiger partial charge in [-0.05, 0) is 23.3 Å². The van der Waals surface area contributed by atoms with Crippen LogP contribution < -0.4 is 10.7 Å². The van der Waals surface area contributed by atoms with E-state index in [9.17, 15) is 9.18 Å². The van der Waals surface area contributed by atoms with E-state index in [4.69, 9.17) is 0 Å². The van der Waals surface area contributed by atoms with Gasteiger partial charge in [-0.3, -0.25) is 4.79 Å². The van der Waals surface area contributed by atoms with Crippen LogP contribution in [0.2, 0.25) is 0 Å². The number of amides is 1. The lowest BCUT2D eigenvalue weighted by molar-refractivity contribution is -0.119. The smallest absolute Gasteiger partial charge is 0.259 e. The molecule has 1 amide bonds. The molecular weight excluding hydrogens is 353 g/mol. The summed E-state index contributed by atoms with van der Waals surface area (Å²) in [5.74, 6) is -0.727. The first kappa shape index (κ1) is 19.3. The van der Waals surface area contributed by atoms with Crippen LogP contribution in [-0.4, -0.2) is 18.2 Å². The summed E-state index contributed by atoms with van der Waals surface area (Å²) in [6.45, 7) is -0.0611.